The van der Waals surface area contributed by atoms with Crippen LogP contribution in [0.1, 0.15) is 113 Å². The quantitative estimate of drug-likeness (QED) is 0.0856. The molecule has 0 aromatic carbocycles. The maximum absolute atomic E-state index is 6.87. The Morgan fingerprint density at radius 3 is 2.00 bits per heavy atom. The SMILES string of the molecule is C=C1CCC[C@@](C)(C[C@H](OCOC)[Sn]([CH2]CCC)([CH2]CCC)[CH2]CCC)[C@H]1CO[Si](C)(C)C(C)(C)C. The summed E-state index contributed by atoms with van der Waals surface area (Å²) in [5.74, 6) is 0.432. The molecule has 214 valence electrons. The van der Waals surface area contributed by atoms with Gasteiger partial charge in [0.1, 0.15) is 0 Å². The molecule has 0 spiro atoms. The summed E-state index contributed by atoms with van der Waals surface area (Å²) in [7, 11) is -0.0205. The van der Waals surface area contributed by atoms with E-state index in [1.807, 2.05) is 0 Å². The molecule has 1 saturated carbocycles. The number of methoxy groups -OCH3 is 1. The topological polar surface area (TPSA) is 27.7 Å². The van der Waals surface area contributed by atoms with Crippen LogP contribution in [-0.4, -0.2) is 51.3 Å². The van der Waals surface area contributed by atoms with E-state index in [0.29, 0.717) is 16.8 Å². The molecule has 3 nitrogen and oxygen atoms in total. The Kier molecular flexibility index (Phi) is 15.4. The van der Waals surface area contributed by atoms with E-state index in [2.05, 4.69) is 68.1 Å². The van der Waals surface area contributed by atoms with Crippen molar-refractivity contribution in [3.8, 4) is 0 Å². The Bertz CT molecular complexity index is 608. The van der Waals surface area contributed by atoms with Crippen LogP contribution >= 0.6 is 0 Å². The standard InChI is InChI=1S/C19H37O3Si.3C4H9.Sn/c1-16-10-9-11-19(5,12-13-21-15-20-6)17(16)14-22-23(7,8)18(2,3)4;3*1-3-4-2;/h13,17H,1,9-12,14-15H2,2-8H3;3*1,3-4H2,2H3;/t17-,19-;;;;/m0..../s1. The van der Waals surface area contributed by atoms with Gasteiger partial charge in [0.15, 0.2) is 0 Å². The summed E-state index contributed by atoms with van der Waals surface area (Å²) in [6.07, 6.45) is 12.9. The van der Waals surface area contributed by atoms with E-state index in [-0.39, 0.29) is 10.5 Å². The first-order chi connectivity index (χ1) is 16.8. The molecule has 1 aliphatic rings. The second-order valence-electron chi connectivity index (χ2n) is 13.7. The van der Waals surface area contributed by atoms with Crippen LogP contribution < -0.4 is 0 Å². The van der Waals surface area contributed by atoms with E-state index in [4.69, 9.17) is 13.9 Å². The molecule has 1 aliphatic carbocycles. The molecule has 0 aliphatic heterocycles. The van der Waals surface area contributed by atoms with Crippen LogP contribution in [0.25, 0.3) is 0 Å². The Hall–Kier alpha value is 0.636. The number of hydrogen-bond acceptors (Lipinski definition) is 3. The van der Waals surface area contributed by atoms with Crippen molar-refractivity contribution in [2.45, 2.75) is 148 Å². The van der Waals surface area contributed by atoms with Gasteiger partial charge in [-0.05, 0) is 0 Å². The van der Waals surface area contributed by atoms with Gasteiger partial charge in [-0.1, -0.05) is 0 Å². The van der Waals surface area contributed by atoms with Crippen molar-refractivity contribution in [3.05, 3.63) is 12.2 Å². The molecular formula is C31H64O3SiSn. The molecule has 0 saturated heterocycles. The molecule has 3 atom stereocenters. The minimum atomic E-state index is -2.63. The second-order valence-corrected chi connectivity index (χ2v) is 32.4. The monoisotopic (exact) mass is 632 g/mol. The van der Waals surface area contributed by atoms with E-state index in [0.717, 1.165) is 13.0 Å². The van der Waals surface area contributed by atoms with Gasteiger partial charge in [0.2, 0.25) is 0 Å². The summed E-state index contributed by atoms with van der Waals surface area (Å²) in [4.78, 5) is 0. The minimum absolute atomic E-state index is 0.197. The van der Waals surface area contributed by atoms with E-state index in [9.17, 15) is 0 Å². The summed E-state index contributed by atoms with van der Waals surface area (Å²) in [5.41, 5.74) is 1.62. The molecular weight excluding hydrogens is 567 g/mol. The van der Waals surface area contributed by atoms with Crippen LogP contribution in [0.3, 0.4) is 0 Å². The van der Waals surface area contributed by atoms with Crippen LogP contribution in [0.15, 0.2) is 12.2 Å². The number of hydrogen-bond donors (Lipinski definition) is 0. The molecule has 0 aromatic rings. The summed E-state index contributed by atoms with van der Waals surface area (Å²) < 4.78 is 24.1. The molecule has 0 bridgehead atoms. The molecule has 36 heavy (non-hydrogen) atoms. The average Bonchev–Trinajstić information content (AvgIpc) is 2.80. The van der Waals surface area contributed by atoms with Crippen LogP contribution in [0, 0.1) is 11.3 Å². The summed E-state index contributed by atoms with van der Waals surface area (Å²) in [6.45, 7) is 27.4. The maximum atomic E-state index is 6.87. The van der Waals surface area contributed by atoms with Crippen molar-refractivity contribution < 1.29 is 13.9 Å². The van der Waals surface area contributed by atoms with Gasteiger partial charge in [-0.15, -0.1) is 0 Å². The molecule has 0 unspecified atom stereocenters. The molecule has 0 heterocycles. The van der Waals surface area contributed by atoms with Gasteiger partial charge in [-0.2, -0.15) is 0 Å². The first-order valence-electron chi connectivity index (χ1n) is 15.2. The predicted octanol–water partition coefficient (Wildman–Crippen LogP) is 10.1. The normalized spacial score (nSPS) is 22.7. The van der Waals surface area contributed by atoms with Gasteiger partial charge in [0, 0.05) is 0 Å². The number of unbranched alkanes of at least 4 members (excludes halogenated alkanes) is 3. The van der Waals surface area contributed by atoms with Gasteiger partial charge in [-0.3, -0.25) is 0 Å². The third-order valence-corrected chi connectivity index (χ3v) is 30.8. The first kappa shape index (κ1) is 34.7. The molecule has 0 radical (unpaired) electrons. The molecule has 0 aromatic heterocycles. The van der Waals surface area contributed by atoms with E-state index < -0.39 is 26.7 Å². The van der Waals surface area contributed by atoms with Crippen molar-refractivity contribution >= 4 is 26.7 Å². The van der Waals surface area contributed by atoms with Crippen LogP contribution in [0.4, 0.5) is 0 Å². The van der Waals surface area contributed by atoms with E-state index in [1.165, 1.54) is 76.7 Å². The zero-order valence-electron chi connectivity index (χ0n) is 26.2. The Morgan fingerprint density at radius 1 is 1.03 bits per heavy atom. The van der Waals surface area contributed by atoms with Crippen molar-refractivity contribution in [3.63, 3.8) is 0 Å². The van der Waals surface area contributed by atoms with Crippen molar-refractivity contribution in [1.82, 2.24) is 0 Å². The summed E-state index contributed by atoms with van der Waals surface area (Å²) in [5, 5.41) is 0.232. The first-order valence-corrected chi connectivity index (χ1v) is 25.9. The fourth-order valence-corrected chi connectivity index (χ4v) is 24.8. The van der Waals surface area contributed by atoms with E-state index >= 15 is 0 Å². The van der Waals surface area contributed by atoms with Crippen LogP contribution in [0.2, 0.25) is 31.4 Å². The molecule has 5 heteroatoms. The van der Waals surface area contributed by atoms with Gasteiger partial charge < -0.3 is 0 Å². The van der Waals surface area contributed by atoms with Gasteiger partial charge in [0.05, 0.1) is 0 Å². The molecule has 0 N–H and O–H groups in total. The van der Waals surface area contributed by atoms with Crippen molar-refractivity contribution in [2.24, 2.45) is 11.3 Å². The second kappa shape index (κ2) is 16.0. The van der Waals surface area contributed by atoms with Gasteiger partial charge in [0.25, 0.3) is 0 Å². The van der Waals surface area contributed by atoms with Gasteiger partial charge in [-0.25, -0.2) is 0 Å². The Labute approximate surface area is 231 Å². The zero-order valence-corrected chi connectivity index (χ0v) is 30.0. The number of rotatable bonds is 18. The molecule has 1 fully saturated rings. The van der Waals surface area contributed by atoms with Crippen molar-refractivity contribution in [1.29, 1.82) is 0 Å². The fraction of sp³-hybridized carbons (Fsp3) is 0.935. The molecule has 1 rings (SSSR count). The third kappa shape index (κ3) is 9.99. The third-order valence-electron chi connectivity index (χ3n) is 9.80. The van der Waals surface area contributed by atoms with E-state index in [1.54, 1.807) is 7.11 Å². The molecule has 0 amide bonds. The van der Waals surface area contributed by atoms with Gasteiger partial charge >= 0.3 is 233 Å². The Morgan fingerprint density at radius 2 is 1.56 bits per heavy atom. The number of ether oxygens (including phenoxy) is 2. The summed E-state index contributed by atoms with van der Waals surface area (Å²) in [6, 6.07) is 0. The van der Waals surface area contributed by atoms with Crippen molar-refractivity contribution in [2.75, 3.05) is 20.5 Å². The Balaban J connectivity index is 3.35. The average molecular weight is 632 g/mol. The zero-order chi connectivity index (χ0) is 27.5. The summed E-state index contributed by atoms with van der Waals surface area (Å²) >= 11 is -2.63. The van der Waals surface area contributed by atoms with Crippen LogP contribution in [0.5, 0.6) is 0 Å². The fourth-order valence-electron chi connectivity index (χ4n) is 6.10. The van der Waals surface area contributed by atoms with Crippen LogP contribution in [-0.2, 0) is 13.9 Å². The predicted molar refractivity (Wildman–Crippen MR) is 164 cm³/mol.